The molecule has 0 spiro atoms. The molecule has 1 saturated heterocycles. The predicted molar refractivity (Wildman–Crippen MR) is 97.8 cm³/mol. The zero-order chi connectivity index (χ0) is 16.4. The number of carbonyl (C=O) groups excluding carboxylic acids is 1. The van der Waals surface area contributed by atoms with Crippen molar-refractivity contribution in [3.05, 3.63) is 91.0 Å². The second-order valence-corrected chi connectivity index (χ2v) is 8.96. The zero-order valence-corrected chi connectivity index (χ0v) is 14.1. The van der Waals surface area contributed by atoms with Gasteiger partial charge in [0.2, 0.25) is 0 Å². The number of anilines is 1. The van der Waals surface area contributed by atoms with E-state index in [-0.39, 0.29) is 12.5 Å². The molecule has 1 aliphatic rings. The van der Waals surface area contributed by atoms with Crippen LogP contribution in [0.2, 0.25) is 0 Å². The maximum atomic E-state index is 12.4. The smallest absolute Gasteiger partial charge is 0.431 e. The van der Waals surface area contributed by atoms with E-state index in [1.165, 1.54) is 0 Å². The van der Waals surface area contributed by atoms with Gasteiger partial charge < -0.3 is 8.99 Å². The van der Waals surface area contributed by atoms with Gasteiger partial charge in [0.1, 0.15) is 6.54 Å². The van der Waals surface area contributed by atoms with Crippen molar-refractivity contribution in [3.8, 4) is 0 Å². The molecule has 1 fully saturated rings. The average Bonchev–Trinajstić information content (AvgIpc) is 3.02. The Labute approximate surface area is 142 Å². The van der Waals surface area contributed by atoms with Crippen molar-refractivity contribution in [1.82, 2.24) is 0 Å². The number of para-hydroxylation sites is 1. The summed E-state index contributed by atoms with van der Waals surface area (Å²) in [6.07, 6.45) is 0. The van der Waals surface area contributed by atoms with E-state index in [0.717, 1.165) is 16.1 Å². The van der Waals surface area contributed by atoms with Gasteiger partial charge >= 0.3 is 14.4 Å². The van der Waals surface area contributed by atoms with Crippen LogP contribution in [0.25, 0.3) is 0 Å². The summed E-state index contributed by atoms with van der Waals surface area (Å²) in [5, 5.41) is 2.15. The van der Waals surface area contributed by atoms with E-state index in [0.29, 0.717) is 0 Å². The molecule has 3 aromatic rings. The van der Waals surface area contributed by atoms with Crippen LogP contribution in [0.5, 0.6) is 0 Å². The molecule has 4 rings (SSSR count). The van der Waals surface area contributed by atoms with E-state index >= 15 is 0 Å². The summed E-state index contributed by atoms with van der Waals surface area (Å²) >= 11 is 0. The molecule has 1 heterocycles. The van der Waals surface area contributed by atoms with Gasteiger partial charge in [-0.15, -0.1) is 0 Å². The molecule has 0 atom stereocenters. The lowest BCUT2D eigenvalue weighted by atomic mass is 10.3. The first kappa shape index (κ1) is 14.7. The van der Waals surface area contributed by atoms with Crippen LogP contribution in [-0.4, -0.2) is 21.0 Å². The molecular formula is C20H17NO2Si. The van der Waals surface area contributed by atoms with Crippen LogP contribution >= 0.6 is 0 Å². The van der Waals surface area contributed by atoms with Gasteiger partial charge in [0.15, 0.2) is 0 Å². The SMILES string of the molecule is O=C1CN(c2ccccc2)[Si](c2ccccc2)(c2ccccc2)O1. The molecule has 3 aromatic carbocycles. The third-order valence-corrected chi connectivity index (χ3v) is 8.26. The first-order valence-corrected chi connectivity index (χ1v) is 9.82. The van der Waals surface area contributed by atoms with Crippen molar-refractivity contribution in [1.29, 1.82) is 0 Å². The summed E-state index contributed by atoms with van der Waals surface area (Å²) in [5.74, 6) is -0.168. The predicted octanol–water partition coefficient (Wildman–Crippen LogP) is 2.31. The first-order chi connectivity index (χ1) is 11.8. The Morgan fingerprint density at radius 2 is 1.17 bits per heavy atom. The highest BCUT2D eigenvalue weighted by Crippen LogP contribution is 2.27. The number of benzene rings is 3. The molecule has 0 bridgehead atoms. The van der Waals surface area contributed by atoms with Crippen LogP contribution in [-0.2, 0) is 9.22 Å². The highest BCUT2D eigenvalue weighted by molar-refractivity contribution is 7.02. The van der Waals surface area contributed by atoms with Gasteiger partial charge in [-0.1, -0.05) is 78.9 Å². The standard InChI is InChI=1S/C20H17NO2Si/c22-20-16-21(17-10-4-1-5-11-17)24(23-20,18-12-6-2-7-13-18)19-14-8-3-9-15-19/h1-15H,16H2. The monoisotopic (exact) mass is 331 g/mol. The Bertz CT molecular complexity index is 798. The Kier molecular flexibility index (Phi) is 3.67. The maximum absolute atomic E-state index is 12.4. The summed E-state index contributed by atoms with van der Waals surface area (Å²) in [7, 11) is -2.83. The molecular weight excluding hydrogens is 314 g/mol. The average molecular weight is 331 g/mol. The van der Waals surface area contributed by atoms with Gasteiger partial charge in [-0.25, -0.2) is 0 Å². The molecule has 118 valence electrons. The van der Waals surface area contributed by atoms with Crippen molar-refractivity contribution in [2.75, 3.05) is 11.1 Å². The summed E-state index contributed by atoms with van der Waals surface area (Å²) in [6.45, 7) is 0.278. The quantitative estimate of drug-likeness (QED) is 0.690. The van der Waals surface area contributed by atoms with Crippen LogP contribution in [0, 0.1) is 0 Å². The molecule has 0 amide bonds. The van der Waals surface area contributed by atoms with Crippen molar-refractivity contribution < 1.29 is 9.22 Å². The van der Waals surface area contributed by atoms with Gasteiger partial charge in [-0.3, -0.25) is 4.79 Å². The lowest BCUT2D eigenvalue weighted by Gasteiger charge is -2.34. The van der Waals surface area contributed by atoms with Crippen LogP contribution in [0.3, 0.4) is 0 Å². The lowest BCUT2D eigenvalue weighted by Crippen LogP contribution is -2.69. The van der Waals surface area contributed by atoms with Crippen LogP contribution < -0.4 is 14.9 Å². The normalized spacial score (nSPS) is 16.0. The molecule has 1 aliphatic heterocycles. The fraction of sp³-hybridized carbons (Fsp3) is 0.0500. The third kappa shape index (κ3) is 2.32. The van der Waals surface area contributed by atoms with E-state index in [1.54, 1.807) is 0 Å². The molecule has 0 aliphatic carbocycles. The summed E-state index contributed by atoms with van der Waals surface area (Å²) in [6, 6.07) is 30.3. The summed E-state index contributed by atoms with van der Waals surface area (Å²) < 4.78 is 8.28. The Hall–Kier alpha value is -2.85. The Morgan fingerprint density at radius 1 is 0.708 bits per heavy atom. The first-order valence-electron chi connectivity index (χ1n) is 7.96. The third-order valence-electron chi connectivity index (χ3n) is 4.33. The van der Waals surface area contributed by atoms with Gasteiger partial charge in [0.05, 0.1) is 0 Å². The van der Waals surface area contributed by atoms with E-state index in [9.17, 15) is 4.79 Å². The molecule has 3 nitrogen and oxygen atoms in total. The van der Waals surface area contributed by atoms with Crippen LogP contribution in [0.1, 0.15) is 0 Å². The van der Waals surface area contributed by atoms with Gasteiger partial charge in [0, 0.05) is 16.1 Å². The molecule has 0 unspecified atom stereocenters. The zero-order valence-electron chi connectivity index (χ0n) is 13.1. The number of rotatable bonds is 3. The molecule has 0 N–H and O–H groups in total. The van der Waals surface area contributed by atoms with Crippen molar-refractivity contribution in [3.63, 3.8) is 0 Å². The van der Waals surface area contributed by atoms with E-state index in [4.69, 9.17) is 4.43 Å². The molecule has 24 heavy (non-hydrogen) atoms. The molecule has 0 radical (unpaired) electrons. The fourth-order valence-electron chi connectivity index (χ4n) is 3.30. The van der Waals surface area contributed by atoms with Crippen molar-refractivity contribution >= 4 is 30.5 Å². The molecule has 0 saturated carbocycles. The van der Waals surface area contributed by atoms with Gasteiger partial charge in [0.25, 0.3) is 0 Å². The minimum atomic E-state index is -2.83. The highest BCUT2D eigenvalue weighted by atomic mass is 28.4. The lowest BCUT2D eigenvalue weighted by molar-refractivity contribution is -0.131. The van der Waals surface area contributed by atoms with Gasteiger partial charge in [-0.2, -0.15) is 0 Å². The fourth-order valence-corrected chi connectivity index (χ4v) is 7.15. The Morgan fingerprint density at radius 3 is 1.67 bits per heavy atom. The topological polar surface area (TPSA) is 29.5 Å². The Balaban J connectivity index is 1.97. The number of hydrogen-bond acceptors (Lipinski definition) is 3. The minimum absolute atomic E-state index is 0.168. The highest BCUT2D eigenvalue weighted by Gasteiger charge is 2.55. The van der Waals surface area contributed by atoms with Crippen molar-refractivity contribution in [2.24, 2.45) is 0 Å². The van der Waals surface area contributed by atoms with Crippen LogP contribution in [0.4, 0.5) is 5.69 Å². The second-order valence-electron chi connectivity index (χ2n) is 5.77. The van der Waals surface area contributed by atoms with Gasteiger partial charge in [-0.05, 0) is 12.1 Å². The molecule has 0 aromatic heterocycles. The largest absolute Gasteiger partial charge is 0.490 e. The van der Waals surface area contributed by atoms with Crippen LogP contribution in [0.15, 0.2) is 91.0 Å². The maximum Gasteiger partial charge on any atom is 0.431 e. The number of nitrogens with zero attached hydrogens (tertiary/aromatic N) is 1. The summed E-state index contributed by atoms with van der Waals surface area (Å²) in [4.78, 5) is 12.4. The minimum Gasteiger partial charge on any atom is -0.490 e. The second kappa shape index (κ2) is 5.98. The number of carbonyl (C=O) groups is 1. The van der Waals surface area contributed by atoms with E-state index in [2.05, 4.69) is 28.8 Å². The summed E-state index contributed by atoms with van der Waals surface area (Å²) in [5.41, 5.74) is 1.02. The van der Waals surface area contributed by atoms with Crippen molar-refractivity contribution in [2.45, 2.75) is 0 Å². The number of hydrogen-bond donors (Lipinski definition) is 0. The van der Waals surface area contributed by atoms with E-state index in [1.807, 2.05) is 66.7 Å². The van der Waals surface area contributed by atoms with E-state index < -0.39 is 8.48 Å². The molecule has 4 heteroatoms.